The Balaban J connectivity index is 1.77. The van der Waals surface area contributed by atoms with Gasteiger partial charge in [-0.1, -0.05) is 41.2 Å². The Morgan fingerprint density at radius 1 is 1.31 bits per heavy atom. The molecular formula is C18H21N5O2S. The Kier molecular flexibility index (Phi) is 5.41. The lowest BCUT2D eigenvalue weighted by Crippen LogP contribution is -2.23. The molecule has 3 aromatic rings. The number of aromatic nitrogens is 4. The molecule has 1 unspecified atom stereocenters. The van der Waals surface area contributed by atoms with Gasteiger partial charge in [-0.15, -0.1) is 10.2 Å². The van der Waals surface area contributed by atoms with Gasteiger partial charge in [0.2, 0.25) is 5.91 Å². The van der Waals surface area contributed by atoms with E-state index in [1.165, 1.54) is 11.8 Å². The fraction of sp³-hybridized carbons (Fsp3) is 0.333. The molecule has 0 aliphatic rings. The van der Waals surface area contributed by atoms with Crippen molar-refractivity contribution in [1.82, 2.24) is 19.9 Å². The van der Waals surface area contributed by atoms with Gasteiger partial charge in [0.15, 0.2) is 16.8 Å². The van der Waals surface area contributed by atoms with E-state index >= 15 is 0 Å². The molecule has 1 aromatic carbocycles. The Hall–Kier alpha value is -2.61. The van der Waals surface area contributed by atoms with Gasteiger partial charge >= 0.3 is 0 Å². The maximum Gasteiger partial charge on any atom is 0.238 e. The number of aryl methyl sites for hydroxylation is 2. The van der Waals surface area contributed by atoms with Crippen LogP contribution in [0, 0.1) is 13.8 Å². The van der Waals surface area contributed by atoms with Crippen LogP contribution in [0.1, 0.15) is 25.2 Å². The quantitative estimate of drug-likeness (QED) is 0.665. The minimum Gasteiger partial charge on any atom is -0.360 e. The first-order valence-corrected chi connectivity index (χ1v) is 9.27. The Morgan fingerprint density at radius 3 is 2.73 bits per heavy atom. The van der Waals surface area contributed by atoms with Crippen molar-refractivity contribution in [1.29, 1.82) is 0 Å². The minimum absolute atomic E-state index is 0.161. The molecule has 136 valence electrons. The third-order valence-corrected chi connectivity index (χ3v) is 5.03. The van der Waals surface area contributed by atoms with E-state index in [4.69, 9.17) is 4.52 Å². The maximum absolute atomic E-state index is 12.4. The lowest BCUT2D eigenvalue weighted by atomic mass is 10.1. The fourth-order valence-corrected chi connectivity index (χ4v) is 3.46. The Morgan fingerprint density at radius 2 is 2.08 bits per heavy atom. The van der Waals surface area contributed by atoms with E-state index in [2.05, 4.69) is 20.7 Å². The molecule has 0 bridgehead atoms. The molecule has 1 amide bonds. The topological polar surface area (TPSA) is 85.8 Å². The van der Waals surface area contributed by atoms with Crippen molar-refractivity contribution in [2.24, 2.45) is 0 Å². The average molecular weight is 371 g/mol. The summed E-state index contributed by atoms with van der Waals surface area (Å²) in [5.74, 6) is 1.71. The summed E-state index contributed by atoms with van der Waals surface area (Å²) in [5, 5.41) is 15.5. The highest BCUT2D eigenvalue weighted by molar-refractivity contribution is 8.00. The number of rotatable bonds is 6. The van der Waals surface area contributed by atoms with Crippen LogP contribution < -0.4 is 5.32 Å². The number of carbonyl (C=O) groups excluding carboxylic acids is 1. The highest BCUT2D eigenvalue weighted by atomic mass is 32.2. The second kappa shape index (κ2) is 7.74. The van der Waals surface area contributed by atoms with Crippen LogP contribution >= 0.6 is 11.8 Å². The Bertz CT molecular complexity index is 918. The van der Waals surface area contributed by atoms with Crippen LogP contribution in [0.3, 0.4) is 0 Å². The summed E-state index contributed by atoms with van der Waals surface area (Å²) in [4.78, 5) is 12.4. The van der Waals surface area contributed by atoms with Crippen molar-refractivity contribution in [3.8, 4) is 11.4 Å². The summed E-state index contributed by atoms with van der Waals surface area (Å²) >= 11 is 1.37. The van der Waals surface area contributed by atoms with Gasteiger partial charge in [0.25, 0.3) is 0 Å². The van der Waals surface area contributed by atoms with Crippen LogP contribution in [0.2, 0.25) is 0 Å². The summed E-state index contributed by atoms with van der Waals surface area (Å²) in [7, 11) is 0. The zero-order valence-corrected chi connectivity index (χ0v) is 16.0. The maximum atomic E-state index is 12.4. The molecule has 2 aromatic heterocycles. The first kappa shape index (κ1) is 18.2. The highest BCUT2D eigenvalue weighted by Crippen LogP contribution is 2.28. The van der Waals surface area contributed by atoms with Crippen molar-refractivity contribution in [3.63, 3.8) is 0 Å². The van der Waals surface area contributed by atoms with E-state index in [9.17, 15) is 4.79 Å². The number of hydrogen-bond acceptors (Lipinski definition) is 6. The monoisotopic (exact) mass is 371 g/mol. The van der Waals surface area contributed by atoms with E-state index in [-0.39, 0.29) is 11.2 Å². The third-order valence-electron chi connectivity index (χ3n) is 3.95. The van der Waals surface area contributed by atoms with E-state index in [0.29, 0.717) is 16.7 Å². The van der Waals surface area contributed by atoms with Crippen molar-refractivity contribution in [2.45, 2.75) is 44.6 Å². The second-order valence-corrected chi connectivity index (χ2v) is 7.25. The first-order valence-electron chi connectivity index (χ1n) is 8.39. The lowest BCUT2D eigenvalue weighted by molar-refractivity contribution is -0.115. The van der Waals surface area contributed by atoms with Crippen molar-refractivity contribution < 1.29 is 9.32 Å². The summed E-state index contributed by atoms with van der Waals surface area (Å²) in [5.41, 5.74) is 2.18. The Labute approximate surface area is 156 Å². The van der Waals surface area contributed by atoms with Gasteiger partial charge in [0, 0.05) is 18.2 Å². The smallest absolute Gasteiger partial charge is 0.238 e. The SMILES string of the molecule is CCn1c(SC(C)C(=O)Nc2cc(C)on2)nnc1-c1ccccc1C. The molecule has 0 fully saturated rings. The van der Waals surface area contributed by atoms with Crippen molar-refractivity contribution >= 4 is 23.5 Å². The van der Waals surface area contributed by atoms with Crippen LogP contribution in [0.15, 0.2) is 40.0 Å². The normalized spacial score (nSPS) is 12.2. The van der Waals surface area contributed by atoms with E-state index in [1.807, 2.05) is 49.6 Å². The van der Waals surface area contributed by atoms with Crippen molar-refractivity contribution in [2.75, 3.05) is 5.32 Å². The van der Waals surface area contributed by atoms with Gasteiger partial charge in [-0.25, -0.2) is 0 Å². The average Bonchev–Trinajstić information content (AvgIpc) is 3.21. The van der Waals surface area contributed by atoms with E-state index in [0.717, 1.165) is 23.5 Å². The molecule has 0 saturated heterocycles. The number of anilines is 1. The van der Waals surface area contributed by atoms with E-state index in [1.54, 1.807) is 13.0 Å². The number of carbonyl (C=O) groups is 1. The van der Waals surface area contributed by atoms with Crippen LogP contribution in [0.5, 0.6) is 0 Å². The first-order chi connectivity index (χ1) is 12.5. The van der Waals surface area contributed by atoms with Crippen LogP contribution in [0.4, 0.5) is 5.82 Å². The summed E-state index contributed by atoms with van der Waals surface area (Å²) in [6.07, 6.45) is 0. The number of nitrogens with one attached hydrogen (secondary N) is 1. The molecule has 0 saturated carbocycles. The predicted octanol–water partition coefficient (Wildman–Crippen LogP) is 3.69. The molecule has 1 N–H and O–H groups in total. The molecule has 26 heavy (non-hydrogen) atoms. The summed E-state index contributed by atoms with van der Waals surface area (Å²) in [6, 6.07) is 9.74. The van der Waals surface area contributed by atoms with Gasteiger partial charge < -0.3 is 14.4 Å². The largest absolute Gasteiger partial charge is 0.360 e. The van der Waals surface area contributed by atoms with Crippen molar-refractivity contribution in [3.05, 3.63) is 41.7 Å². The molecule has 8 heteroatoms. The summed E-state index contributed by atoms with van der Waals surface area (Å²) < 4.78 is 6.99. The molecule has 0 radical (unpaired) electrons. The summed E-state index contributed by atoms with van der Waals surface area (Å²) in [6.45, 7) is 8.41. The van der Waals surface area contributed by atoms with Crippen LogP contribution in [-0.4, -0.2) is 31.1 Å². The van der Waals surface area contributed by atoms with Gasteiger partial charge in [-0.3, -0.25) is 4.79 Å². The fourth-order valence-electron chi connectivity index (χ4n) is 2.55. The number of amides is 1. The van der Waals surface area contributed by atoms with Crippen LogP contribution in [-0.2, 0) is 11.3 Å². The number of thioether (sulfide) groups is 1. The zero-order valence-electron chi connectivity index (χ0n) is 15.2. The molecule has 3 rings (SSSR count). The van der Waals surface area contributed by atoms with Gasteiger partial charge in [0.05, 0.1) is 5.25 Å². The number of nitrogens with zero attached hydrogens (tertiary/aromatic N) is 4. The molecule has 7 nitrogen and oxygen atoms in total. The van der Waals surface area contributed by atoms with Gasteiger partial charge in [0.1, 0.15) is 5.76 Å². The molecule has 0 aliphatic heterocycles. The molecule has 2 heterocycles. The zero-order chi connectivity index (χ0) is 18.7. The van der Waals surface area contributed by atoms with Gasteiger partial charge in [-0.2, -0.15) is 0 Å². The molecule has 0 spiro atoms. The lowest BCUT2D eigenvalue weighted by Gasteiger charge is -2.12. The number of hydrogen-bond donors (Lipinski definition) is 1. The predicted molar refractivity (Wildman–Crippen MR) is 101 cm³/mol. The molecule has 1 atom stereocenters. The second-order valence-electron chi connectivity index (χ2n) is 5.94. The van der Waals surface area contributed by atoms with E-state index < -0.39 is 0 Å². The van der Waals surface area contributed by atoms with Crippen LogP contribution in [0.25, 0.3) is 11.4 Å². The third kappa shape index (κ3) is 3.80. The number of benzene rings is 1. The molecular weight excluding hydrogens is 350 g/mol. The highest BCUT2D eigenvalue weighted by Gasteiger charge is 2.21. The standard InChI is InChI=1S/C18H21N5O2S/c1-5-23-16(14-9-7-6-8-11(14)2)20-21-18(23)26-13(4)17(24)19-15-10-12(3)25-22-15/h6-10,13H,5H2,1-4H3,(H,19,22,24). The molecule has 0 aliphatic carbocycles. The minimum atomic E-state index is -0.355. The van der Waals surface area contributed by atoms with Gasteiger partial charge in [-0.05, 0) is 33.3 Å².